The van der Waals surface area contributed by atoms with Crippen molar-refractivity contribution in [2.45, 2.75) is 6.10 Å². The smallest absolute Gasteiger partial charge is 0.380 e. The molecule has 0 spiro atoms. The molecule has 1 atom stereocenters. The SMILES string of the molecule is O=C1O[C@H](c2cccc([N+](=O)[O-])c2)/C(=C(\O)c2ccc(Cl)cc2)C1=O. The number of rotatable bonds is 3. The zero-order valence-corrected chi connectivity index (χ0v) is 13.3. The first-order valence-electron chi connectivity index (χ1n) is 7.07. The molecule has 0 aromatic heterocycles. The number of carbonyl (C=O) groups excluding carboxylic acids is 2. The molecule has 1 N–H and O–H groups in total. The molecule has 2 aromatic rings. The van der Waals surface area contributed by atoms with Gasteiger partial charge in [-0.25, -0.2) is 4.79 Å². The van der Waals surface area contributed by atoms with Crippen LogP contribution in [-0.4, -0.2) is 21.8 Å². The minimum atomic E-state index is -1.23. The average Bonchev–Trinajstić information content (AvgIpc) is 2.90. The maximum atomic E-state index is 12.1. The molecule has 0 amide bonds. The summed E-state index contributed by atoms with van der Waals surface area (Å²) in [6, 6.07) is 11.3. The van der Waals surface area contributed by atoms with Gasteiger partial charge in [0.2, 0.25) is 0 Å². The summed E-state index contributed by atoms with van der Waals surface area (Å²) in [7, 11) is 0. The van der Waals surface area contributed by atoms with Crippen LogP contribution in [0.5, 0.6) is 0 Å². The van der Waals surface area contributed by atoms with Crippen molar-refractivity contribution in [3.63, 3.8) is 0 Å². The van der Waals surface area contributed by atoms with E-state index in [4.69, 9.17) is 16.3 Å². The van der Waals surface area contributed by atoms with E-state index < -0.39 is 28.5 Å². The fourth-order valence-corrected chi connectivity index (χ4v) is 2.61. The summed E-state index contributed by atoms with van der Waals surface area (Å²) in [6.07, 6.45) is -1.23. The van der Waals surface area contributed by atoms with Crippen LogP contribution in [0.25, 0.3) is 5.76 Å². The highest BCUT2D eigenvalue weighted by Crippen LogP contribution is 2.37. The Morgan fingerprint density at radius 2 is 1.84 bits per heavy atom. The Balaban J connectivity index is 2.12. The minimum Gasteiger partial charge on any atom is -0.507 e. The van der Waals surface area contributed by atoms with Crippen molar-refractivity contribution in [3.8, 4) is 0 Å². The number of hydrogen-bond acceptors (Lipinski definition) is 6. The van der Waals surface area contributed by atoms with Crippen LogP contribution in [0.15, 0.2) is 54.1 Å². The van der Waals surface area contributed by atoms with E-state index in [9.17, 15) is 24.8 Å². The molecule has 0 saturated carbocycles. The lowest BCUT2D eigenvalue weighted by Gasteiger charge is -2.12. The number of ketones is 1. The normalized spacial score (nSPS) is 18.8. The second-order valence-corrected chi connectivity index (χ2v) is 5.67. The number of benzene rings is 2. The van der Waals surface area contributed by atoms with Crippen LogP contribution in [0.2, 0.25) is 5.02 Å². The minimum absolute atomic E-state index is 0.212. The quantitative estimate of drug-likeness (QED) is 0.225. The Hall–Kier alpha value is -3.19. The zero-order valence-electron chi connectivity index (χ0n) is 12.5. The number of Topliss-reactive ketones (excluding diaryl/α,β-unsaturated/α-hetero) is 1. The number of ether oxygens (including phenoxy) is 1. The number of carbonyl (C=O) groups is 2. The Bertz CT molecular complexity index is 919. The molecule has 8 heteroatoms. The molecule has 7 nitrogen and oxygen atoms in total. The van der Waals surface area contributed by atoms with Crippen molar-refractivity contribution in [1.82, 2.24) is 0 Å². The van der Waals surface area contributed by atoms with E-state index in [0.29, 0.717) is 5.02 Å². The van der Waals surface area contributed by atoms with Crippen LogP contribution in [0.3, 0.4) is 0 Å². The van der Waals surface area contributed by atoms with Crippen molar-refractivity contribution < 1.29 is 24.4 Å². The molecule has 0 aliphatic carbocycles. The number of nitro benzene ring substituents is 1. The van der Waals surface area contributed by atoms with Crippen LogP contribution < -0.4 is 0 Å². The molecular formula is C17H10ClNO6. The highest BCUT2D eigenvalue weighted by Gasteiger charge is 2.42. The molecule has 0 unspecified atom stereocenters. The molecule has 1 aliphatic rings. The Morgan fingerprint density at radius 3 is 2.48 bits per heavy atom. The number of halogens is 1. The van der Waals surface area contributed by atoms with Gasteiger partial charge in [0.25, 0.3) is 11.5 Å². The summed E-state index contributed by atoms with van der Waals surface area (Å²) in [5.74, 6) is -2.57. The summed E-state index contributed by atoms with van der Waals surface area (Å²) in [5, 5.41) is 21.8. The second-order valence-electron chi connectivity index (χ2n) is 5.24. The van der Waals surface area contributed by atoms with Crippen molar-refractivity contribution in [1.29, 1.82) is 0 Å². The molecule has 126 valence electrons. The maximum absolute atomic E-state index is 12.1. The molecule has 0 radical (unpaired) electrons. The van der Waals surface area contributed by atoms with Crippen molar-refractivity contribution in [2.75, 3.05) is 0 Å². The van der Waals surface area contributed by atoms with E-state index in [1.807, 2.05) is 0 Å². The van der Waals surface area contributed by atoms with E-state index in [1.54, 1.807) is 0 Å². The number of aliphatic hydroxyl groups is 1. The lowest BCUT2D eigenvalue weighted by atomic mass is 9.96. The molecule has 0 bridgehead atoms. The van der Waals surface area contributed by atoms with Gasteiger partial charge in [0.1, 0.15) is 5.76 Å². The molecule has 1 fully saturated rings. The van der Waals surface area contributed by atoms with Gasteiger partial charge in [-0.2, -0.15) is 0 Å². The Kier molecular flexibility index (Phi) is 4.24. The van der Waals surface area contributed by atoms with Crippen LogP contribution in [0.1, 0.15) is 17.2 Å². The number of esters is 1. The van der Waals surface area contributed by atoms with Crippen LogP contribution >= 0.6 is 11.6 Å². The van der Waals surface area contributed by atoms with Crippen molar-refractivity contribution >= 4 is 34.8 Å². The van der Waals surface area contributed by atoms with E-state index in [-0.39, 0.29) is 22.4 Å². The summed E-state index contributed by atoms with van der Waals surface area (Å²) < 4.78 is 5.02. The van der Waals surface area contributed by atoms with Crippen molar-refractivity contribution in [3.05, 3.63) is 80.4 Å². The largest absolute Gasteiger partial charge is 0.507 e. The number of cyclic esters (lactones) is 1. The van der Waals surface area contributed by atoms with Gasteiger partial charge in [0.05, 0.1) is 10.5 Å². The number of aliphatic hydroxyl groups excluding tert-OH is 1. The lowest BCUT2D eigenvalue weighted by Crippen LogP contribution is -2.08. The molecule has 2 aromatic carbocycles. The first-order valence-corrected chi connectivity index (χ1v) is 7.45. The van der Waals surface area contributed by atoms with Gasteiger partial charge >= 0.3 is 5.97 Å². The zero-order chi connectivity index (χ0) is 18.1. The fourth-order valence-electron chi connectivity index (χ4n) is 2.48. The number of nitro groups is 1. The molecule has 3 rings (SSSR count). The van der Waals surface area contributed by atoms with E-state index in [2.05, 4.69) is 0 Å². The standard InChI is InChI=1S/C17H10ClNO6/c18-11-6-4-9(5-7-11)14(20)13-15(21)17(22)25-16(13)10-2-1-3-12(8-10)19(23)24/h1-8,16,20H/b14-13-/t16-/m1/s1. The topological polar surface area (TPSA) is 107 Å². The lowest BCUT2D eigenvalue weighted by molar-refractivity contribution is -0.385. The van der Waals surface area contributed by atoms with E-state index in [0.717, 1.165) is 0 Å². The van der Waals surface area contributed by atoms with Gasteiger partial charge in [0, 0.05) is 28.3 Å². The third-order valence-corrected chi connectivity index (χ3v) is 3.93. The molecule has 25 heavy (non-hydrogen) atoms. The maximum Gasteiger partial charge on any atom is 0.380 e. The highest BCUT2D eigenvalue weighted by molar-refractivity contribution is 6.44. The molecule has 1 aliphatic heterocycles. The van der Waals surface area contributed by atoms with Gasteiger partial charge in [-0.1, -0.05) is 23.7 Å². The van der Waals surface area contributed by atoms with Gasteiger partial charge in [-0.05, 0) is 24.3 Å². The molecule has 1 heterocycles. The van der Waals surface area contributed by atoms with Crippen LogP contribution in [0.4, 0.5) is 5.69 Å². The first kappa shape index (κ1) is 16.7. The highest BCUT2D eigenvalue weighted by atomic mass is 35.5. The van der Waals surface area contributed by atoms with E-state index >= 15 is 0 Å². The van der Waals surface area contributed by atoms with E-state index in [1.165, 1.54) is 48.5 Å². The average molecular weight is 360 g/mol. The van der Waals surface area contributed by atoms with Crippen LogP contribution in [0, 0.1) is 10.1 Å². The predicted molar refractivity (Wildman–Crippen MR) is 87.9 cm³/mol. The molecule has 1 saturated heterocycles. The summed E-state index contributed by atoms with van der Waals surface area (Å²) in [4.78, 5) is 34.2. The van der Waals surface area contributed by atoms with Gasteiger partial charge in [-0.15, -0.1) is 0 Å². The van der Waals surface area contributed by atoms with Gasteiger partial charge in [-0.3, -0.25) is 14.9 Å². The van der Waals surface area contributed by atoms with Crippen LogP contribution in [-0.2, 0) is 14.3 Å². The number of non-ortho nitro benzene ring substituents is 1. The van der Waals surface area contributed by atoms with Crippen molar-refractivity contribution in [2.24, 2.45) is 0 Å². The Labute approximate surface area is 146 Å². The van der Waals surface area contributed by atoms with Gasteiger partial charge in [0.15, 0.2) is 6.10 Å². The van der Waals surface area contributed by atoms with Gasteiger partial charge < -0.3 is 9.84 Å². The molecular weight excluding hydrogens is 350 g/mol. The summed E-state index contributed by atoms with van der Waals surface area (Å²) in [5.41, 5.74) is -0.0172. The first-order chi connectivity index (χ1) is 11.9. The fraction of sp³-hybridized carbons (Fsp3) is 0.0588. The summed E-state index contributed by atoms with van der Waals surface area (Å²) in [6.45, 7) is 0. The Morgan fingerprint density at radius 1 is 1.16 bits per heavy atom. The monoisotopic (exact) mass is 359 g/mol. The summed E-state index contributed by atoms with van der Waals surface area (Å²) >= 11 is 5.79. The predicted octanol–water partition coefficient (Wildman–Crippen LogP) is 3.38. The third kappa shape index (κ3) is 3.09. The second kappa shape index (κ2) is 6.37. The number of nitrogens with zero attached hydrogens (tertiary/aromatic N) is 1. The number of hydrogen-bond donors (Lipinski definition) is 1. The third-order valence-electron chi connectivity index (χ3n) is 3.67.